The topological polar surface area (TPSA) is 49.9 Å². The van der Waals surface area contributed by atoms with Gasteiger partial charge in [0.05, 0.1) is 12.6 Å². The smallest absolute Gasteiger partial charge is 0.254 e. The van der Waals surface area contributed by atoms with Gasteiger partial charge in [-0.2, -0.15) is 0 Å². The standard InChI is InChI=1S/C26H27ClN2O3S/c27-22-12-10-21(11-13-22)26(31)29(17-23-8-4-14-32-23)19-25(30)28(18-24-9-5-15-33-24)16-20-6-2-1-3-7-20/h1-3,5-7,9-13,15,23H,4,8,14,16-19H2. The lowest BCUT2D eigenvalue weighted by molar-refractivity contribution is -0.133. The fourth-order valence-corrected chi connectivity index (χ4v) is 4.76. The monoisotopic (exact) mass is 482 g/mol. The molecule has 1 aliphatic heterocycles. The van der Waals surface area contributed by atoms with Gasteiger partial charge in [0.15, 0.2) is 0 Å². The summed E-state index contributed by atoms with van der Waals surface area (Å²) in [4.78, 5) is 31.4. The fraction of sp³-hybridized carbons (Fsp3) is 0.308. The highest BCUT2D eigenvalue weighted by Gasteiger charge is 2.27. The van der Waals surface area contributed by atoms with E-state index in [-0.39, 0.29) is 24.5 Å². The lowest BCUT2D eigenvalue weighted by atomic mass is 10.1. The average Bonchev–Trinajstić information content (AvgIpc) is 3.53. The predicted molar refractivity (Wildman–Crippen MR) is 131 cm³/mol. The van der Waals surface area contributed by atoms with E-state index in [9.17, 15) is 9.59 Å². The number of ether oxygens (including phenoxy) is 1. The predicted octanol–water partition coefficient (Wildman–Crippen LogP) is 5.25. The molecular formula is C26H27ClN2O3S. The first-order valence-corrected chi connectivity index (χ1v) is 12.3. The summed E-state index contributed by atoms with van der Waals surface area (Å²) in [5.74, 6) is -0.279. The van der Waals surface area contributed by atoms with Crippen molar-refractivity contribution in [2.24, 2.45) is 0 Å². The zero-order valence-electron chi connectivity index (χ0n) is 18.4. The van der Waals surface area contributed by atoms with E-state index >= 15 is 0 Å². The van der Waals surface area contributed by atoms with E-state index in [0.29, 0.717) is 36.8 Å². The van der Waals surface area contributed by atoms with Gasteiger partial charge in [-0.1, -0.05) is 48.0 Å². The number of carbonyl (C=O) groups excluding carboxylic acids is 2. The molecule has 1 saturated heterocycles. The highest BCUT2D eigenvalue weighted by molar-refractivity contribution is 7.09. The van der Waals surface area contributed by atoms with Crippen LogP contribution in [0, 0.1) is 0 Å². The third kappa shape index (κ3) is 6.67. The first-order valence-electron chi connectivity index (χ1n) is 11.1. The maximum atomic E-state index is 13.5. The van der Waals surface area contributed by atoms with Gasteiger partial charge in [-0.15, -0.1) is 11.3 Å². The molecule has 0 aliphatic carbocycles. The molecule has 3 aromatic rings. The Kier molecular flexibility index (Phi) is 8.15. The van der Waals surface area contributed by atoms with Crippen molar-refractivity contribution in [1.29, 1.82) is 0 Å². The van der Waals surface area contributed by atoms with Crippen molar-refractivity contribution in [1.82, 2.24) is 9.80 Å². The number of hydrogen-bond acceptors (Lipinski definition) is 4. The molecule has 0 saturated carbocycles. The van der Waals surface area contributed by atoms with Crippen LogP contribution in [0.25, 0.3) is 0 Å². The van der Waals surface area contributed by atoms with Gasteiger partial charge in [-0.25, -0.2) is 0 Å². The van der Waals surface area contributed by atoms with Crippen molar-refractivity contribution in [3.8, 4) is 0 Å². The summed E-state index contributed by atoms with van der Waals surface area (Å²) in [6, 6.07) is 20.7. The normalized spacial score (nSPS) is 15.4. The second kappa shape index (κ2) is 11.5. The highest BCUT2D eigenvalue weighted by Crippen LogP contribution is 2.19. The summed E-state index contributed by atoms with van der Waals surface area (Å²) in [6.45, 7) is 2.08. The molecule has 0 radical (unpaired) electrons. The molecule has 1 atom stereocenters. The Bertz CT molecular complexity index is 1040. The van der Waals surface area contributed by atoms with Gasteiger partial charge >= 0.3 is 0 Å². The minimum Gasteiger partial charge on any atom is -0.376 e. The van der Waals surface area contributed by atoms with Crippen molar-refractivity contribution in [3.05, 3.63) is 93.1 Å². The molecule has 1 fully saturated rings. The number of hydrogen-bond donors (Lipinski definition) is 0. The first-order chi connectivity index (χ1) is 16.1. The molecule has 4 rings (SSSR count). The molecular weight excluding hydrogens is 456 g/mol. The summed E-state index contributed by atoms with van der Waals surface area (Å²) < 4.78 is 5.77. The Morgan fingerprint density at radius 1 is 0.970 bits per heavy atom. The third-order valence-corrected chi connectivity index (χ3v) is 6.76. The molecule has 1 unspecified atom stereocenters. The number of nitrogens with zero attached hydrogens (tertiary/aromatic N) is 2. The van der Waals surface area contributed by atoms with Crippen molar-refractivity contribution < 1.29 is 14.3 Å². The van der Waals surface area contributed by atoms with Crippen LogP contribution in [0.4, 0.5) is 0 Å². The Labute approximate surface area is 203 Å². The molecule has 172 valence electrons. The maximum absolute atomic E-state index is 13.5. The minimum absolute atomic E-state index is 0.000468. The van der Waals surface area contributed by atoms with Crippen LogP contribution in [0.2, 0.25) is 5.02 Å². The van der Waals surface area contributed by atoms with Crippen LogP contribution in [0.3, 0.4) is 0 Å². The summed E-state index contributed by atoms with van der Waals surface area (Å²) in [7, 11) is 0. The van der Waals surface area contributed by atoms with Gasteiger partial charge in [0.1, 0.15) is 6.54 Å². The molecule has 2 amide bonds. The van der Waals surface area contributed by atoms with E-state index in [1.54, 1.807) is 40.5 Å². The number of halogens is 1. The largest absolute Gasteiger partial charge is 0.376 e. The van der Waals surface area contributed by atoms with E-state index in [1.165, 1.54) is 0 Å². The molecule has 1 aromatic heterocycles. The van der Waals surface area contributed by atoms with Gasteiger partial charge in [-0.05, 0) is 54.1 Å². The number of amides is 2. The van der Waals surface area contributed by atoms with E-state index < -0.39 is 0 Å². The molecule has 0 N–H and O–H groups in total. The molecule has 2 aromatic carbocycles. The van der Waals surface area contributed by atoms with E-state index in [4.69, 9.17) is 16.3 Å². The van der Waals surface area contributed by atoms with E-state index in [1.807, 2.05) is 52.7 Å². The van der Waals surface area contributed by atoms with Crippen LogP contribution in [0.1, 0.15) is 33.6 Å². The minimum atomic E-state index is -0.189. The zero-order valence-corrected chi connectivity index (χ0v) is 19.9. The molecule has 0 bridgehead atoms. The number of carbonyl (C=O) groups is 2. The van der Waals surface area contributed by atoms with Gasteiger partial charge < -0.3 is 14.5 Å². The van der Waals surface area contributed by atoms with Crippen LogP contribution in [0.5, 0.6) is 0 Å². The quantitative estimate of drug-likeness (QED) is 0.418. The van der Waals surface area contributed by atoms with Crippen LogP contribution >= 0.6 is 22.9 Å². The summed E-state index contributed by atoms with van der Waals surface area (Å²) in [6.07, 6.45) is 1.82. The van der Waals surface area contributed by atoms with Crippen molar-refractivity contribution in [3.63, 3.8) is 0 Å². The van der Waals surface area contributed by atoms with Crippen molar-refractivity contribution in [2.45, 2.75) is 32.0 Å². The number of benzene rings is 2. The maximum Gasteiger partial charge on any atom is 0.254 e. The Morgan fingerprint density at radius 2 is 1.76 bits per heavy atom. The molecule has 2 heterocycles. The Balaban J connectivity index is 1.53. The van der Waals surface area contributed by atoms with Gasteiger partial charge in [0.2, 0.25) is 5.91 Å². The molecule has 7 heteroatoms. The average molecular weight is 483 g/mol. The summed E-state index contributed by atoms with van der Waals surface area (Å²) in [5.41, 5.74) is 1.56. The van der Waals surface area contributed by atoms with Crippen LogP contribution < -0.4 is 0 Å². The van der Waals surface area contributed by atoms with E-state index in [0.717, 1.165) is 23.3 Å². The fourth-order valence-electron chi connectivity index (χ4n) is 3.92. The van der Waals surface area contributed by atoms with Crippen molar-refractivity contribution >= 4 is 34.8 Å². The van der Waals surface area contributed by atoms with Crippen LogP contribution in [0.15, 0.2) is 72.1 Å². The van der Waals surface area contributed by atoms with Crippen LogP contribution in [-0.4, -0.2) is 47.4 Å². The van der Waals surface area contributed by atoms with Crippen LogP contribution in [-0.2, 0) is 22.6 Å². The second-order valence-electron chi connectivity index (χ2n) is 8.14. The number of rotatable bonds is 9. The summed E-state index contributed by atoms with van der Waals surface area (Å²) in [5, 5.41) is 2.58. The van der Waals surface area contributed by atoms with Gasteiger partial charge in [-0.3, -0.25) is 9.59 Å². The molecule has 0 spiro atoms. The summed E-state index contributed by atoms with van der Waals surface area (Å²) >= 11 is 7.62. The SMILES string of the molecule is O=C(CN(CC1CCCO1)C(=O)c1ccc(Cl)cc1)N(Cc1ccccc1)Cc1cccs1. The number of thiophene rings is 1. The second-order valence-corrected chi connectivity index (χ2v) is 9.61. The van der Waals surface area contributed by atoms with E-state index in [2.05, 4.69) is 0 Å². The lowest BCUT2D eigenvalue weighted by Crippen LogP contribution is -2.45. The lowest BCUT2D eigenvalue weighted by Gasteiger charge is -2.29. The Morgan fingerprint density at radius 3 is 2.42 bits per heavy atom. The third-order valence-electron chi connectivity index (χ3n) is 5.65. The van der Waals surface area contributed by atoms with Crippen molar-refractivity contribution in [2.75, 3.05) is 19.7 Å². The van der Waals surface area contributed by atoms with Gasteiger partial charge in [0, 0.05) is 35.2 Å². The first kappa shape index (κ1) is 23.5. The molecule has 5 nitrogen and oxygen atoms in total. The zero-order chi connectivity index (χ0) is 23.0. The molecule has 33 heavy (non-hydrogen) atoms. The Hall–Kier alpha value is -2.67. The molecule has 1 aliphatic rings. The van der Waals surface area contributed by atoms with Gasteiger partial charge in [0.25, 0.3) is 5.91 Å². The highest BCUT2D eigenvalue weighted by atomic mass is 35.5.